The topological polar surface area (TPSA) is 373 Å². The molecule has 22 heteroatoms. The van der Waals surface area contributed by atoms with Crippen molar-refractivity contribution in [2.75, 3.05) is 13.2 Å². The first-order valence-electron chi connectivity index (χ1n) is 19.5. The second-order valence-corrected chi connectivity index (χ2v) is 15.3. The third kappa shape index (κ3) is 8.83. The summed E-state index contributed by atoms with van der Waals surface area (Å²) in [6.45, 7) is -1.70. The lowest BCUT2D eigenvalue weighted by atomic mass is 9.62. The van der Waals surface area contributed by atoms with Crippen molar-refractivity contribution in [3.8, 4) is 46.0 Å². The number of benzene rings is 4. The molecule has 2 heterocycles. The summed E-state index contributed by atoms with van der Waals surface area (Å²) in [7, 11) is 0. The number of phenolic OH excluding ortho intramolecular Hbond substituents is 6. The minimum atomic E-state index is -2.00. The Morgan fingerprint density at radius 2 is 0.812 bits per heavy atom. The van der Waals surface area contributed by atoms with Gasteiger partial charge in [-0.05, 0) is 35.4 Å². The van der Waals surface area contributed by atoms with E-state index in [0.29, 0.717) is 11.1 Å². The quantitative estimate of drug-likeness (QED) is 0.0728. The lowest BCUT2D eigenvalue weighted by Gasteiger charge is -2.50. The molecule has 3 aliphatic rings. The van der Waals surface area contributed by atoms with Gasteiger partial charge in [0, 0.05) is 36.1 Å². The average Bonchev–Trinajstić information content (AvgIpc) is 3.24. The fraction of sp³-hybridized carbons (Fsp3) is 0.381. The molecule has 2 saturated heterocycles. The van der Waals surface area contributed by atoms with Crippen molar-refractivity contribution in [1.29, 1.82) is 0 Å². The van der Waals surface area contributed by atoms with Gasteiger partial charge in [0.15, 0.2) is 0 Å². The molecular weight excluding hydrogens is 856 g/mol. The maximum absolute atomic E-state index is 14.3. The van der Waals surface area contributed by atoms with E-state index in [1.807, 2.05) is 0 Å². The smallest absolute Gasteiger partial charge is 0.346 e. The van der Waals surface area contributed by atoms with Crippen molar-refractivity contribution < 1.29 is 110 Å². The zero-order chi connectivity index (χ0) is 46.3. The van der Waals surface area contributed by atoms with Gasteiger partial charge in [0.05, 0.1) is 13.2 Å². The first-order chi connectivity index (χ1) is 30.4. The third-order valence-corrected chi connectivity index (χ3v) is 11.2. The van der Waals surface area contributed by atoms with Crippen LogP contribution in [0.4, 0.5) is 0 Å². The van der Waals surface area contributed by atoms with Gasteiger partial charge in [-0.2, -0.15) is 0 Å². The molecule has 0 aromatic heterocycles. The van der Waals surface area contributed by atoms with Crippen LogP contribution in [0.5, 0.6) is 46.0 Å². The molecule has 1 saturated carbocycles. The summed E-state index contributed by atoms with van der Waals surface area (Å²) in [6, 6.07) is 14.2. The van der Waals surface area contributed by atoms with Gasteiger partial charge in [-0.3, -0.25) is 0 Å². The number of ether oxygens (including phenoxy) is 6. The van der Waals surface area contributed by atoms with E-state index in [-0.39, 0.29) is 11.5 Å². The molecule has 0 amide bonds. The number of hydrogen-bond donors (Lipinski definition) is 14. The summed E-state index contributed by atoms with van der Waals surface area (Å²) >= 11 is 0. The summed E-state index contributed by atoms with van der Waals surface area (Å²) in [4.78, 5) is 28.6. The molecule has 14 atom stereocenters. The molecule has 4 aromatic rings. The molecule has 22 nitrogen and oxygen atoms in total. The van der Waals surface area contributed by atoms with Crippen LogP contribution in [0.1, 0.15) is 43.7 Å². The molecule has 3 fully saturated rings. The Kier molecular flexibility index (Phi) is 13.2. The molecule has 4 aromatic carbocycles. The van der Waals surface area contributed by atoms with Gasteiger partial charge >= 0.3 is 11.9 Å². The standard InChI is InChI=1S/C42H44O22/c43-13-25-31(51)33(53)35(55)41(61-25)59-23-11-19(47)9-21(49)29(23)39(57)63-37-27(15-1-5-17(45)6-2-15)28(16-3-7-18(46)8-4-16)38(37)64-40(58)30-22(50)10-20(48)12-24(30)60-42-36(56)34(54)32(52)26(14-44)62-42/h1-12,25-28,31-38,41-56H,13-14H2/t25-,26-,27+,28+,31-,32-,33+,34+,35-,36-,37-,38-,41-,42-/m1/s1. The van der Waals surface area contributed by atoms with Crippen molar-refractivity contribution >= 4 is 11.9 Å². The van der Waals surface area contributed by atoms with Crippen LogP contribution in [-0.4, -0.2) is 170 Å². The summed E-state index contributed by atoms with van der Waals surface area (Å²) in [6.07, 6.45) is -21.3. The number of esters is 2. The Hall–Kier alpha value is -6.18. The molecule has 0 spiro atoms. The van der Waals surface area contributed by atoms with Crippen LogP contribution in [-0.2, 0) is 18.9 Å². The third-order valence-electron chi connectivity index (χ3n) is 11.2. The second-order valence-electron chi connectivity index (χ2n) is 15.3. The number of hydrogen-bond acceptors (Lipinski definition) is 22. The maximum Gasteiger partial charge on any atom is 0.346 e. The van der Waals surface area contributed by atoms with Crippen LogP contribution in [0, 0.1) is 0 Å². The van der Waals surface area contributed by atoms with Crippen molar-refractivity contribution in [1.82, 2.24) is 0 Å². The number of carbonyl (C=O) groups excluding carboxylic acids is 2. The lowest BCUT2D eigenvalue weighted by molar-refractivity contribution is -0.277. The Balaban J connectivity index is 1.27. The number of phenols is 6. The van der Waals surface area contributed by atoms with E-state index in [9.17, 15) is 81.1 Å². The van der Waals surface area contributed by atoms with E-state index in [1.165, 1.54) is 48.5 Å². The van der Waals surface area contributed by atoms with Gasteiger partial charge in [-0.15, -0.1) is 0 Å². The molecule has 0 unspecified atom stereocenters. The normalized spacial score (nSPS) is 31.3. The van der Waals surface area contributed by atoms with E-state index in [4.69, 9.17) is 28.4 Å². The Morgan fingerprint density at radius 1 is 0.469 bits per heavy atom. The zero-order valence-electron chi connectivity index (χ0n) is 33.0. The highest BCUT2D eigenvalue weighted by molar-refractivity contribution is 5.97. The highest BCUT2D eigenvalue weighted by Crippen LogP contribution is 2.54. The van der Waals surface area contributed by atoms with Crippen molar-refractivity contribution in [2.45, 2.75) is 85.5 Å². The van der Waals surface area contributed by atoms with Crippen LogP contribution in [0.15, 0.2) is 72.8 Å². The second kappa shape index (κ2) is 18.5. The van der Waals surface area contributed by atoms with Crippen LogP contribution in [0.2, 0.25) is 0 Å². The predicted molar refractivity (Wildman–Crippen MR) is 208 cm³/mol. The van der Waals surface area contributed by atoms with Crippen molar-refractivity contribution in [3.63, 3.8) is 0 Å². The molecule has 14 N–H and O–H groups in total. The summed E-state index contributed by atoms with van der Waals surface area (Å²) in [5, 5.41) is 145. The molecular formula is C42H44O22. The molecule has 7 rings (SSSR count). The van der Waals surface area contributed by atoms with Gasteiger partial charge in [0.25, 0.3) is 0 Å². The molecule has 64 heavy (non-hydrogen) atoms. The minimum absolute atomic E-state index is 0.153. The van der Waals surface area contributed by atoms with Crippen molar-refractivity contribution in [3.05, 3.63) is 95.1 Å². The predicted octanol–water partition coefficient (Wildman–Crippen LogP) is -1.39. The number of aliphatic hydroxyl groups excluding tert-OH is 8. The molecule has 0 bridgehead atoms. The monoisotopic (exact) mass is 900 g/mol. The van der Waals surface area contributed by atoms with Crippen LogP contribution in [0.25, 0.3) is 0 Å². The SMILES string of the molecule is O=C(O[C@H]1[C@H](OC(=O)c2c(O)cc(O)cc2O[C@@H]2O[C@H](CO)[C@@H](O)[C@H](O)[C@H]2O)[C@@H](c2ccc(O)cc2)[C@@H]1c1ccc(O)cc1)c1c(O)cc(O)cc1O[C@@H]1O[C@H](CO)[C@@H](O)[C@H](O)[C@H]1O. The molecule has 0 radical (unpaired) electrons. The highest BCUT2D eigenvalue weighted by atomic mass is 16.7. The Bertz CT molecular complexity index is 2140. The van der Waals surface area contributed by atoms with E-state index >= 15 is 0 Å². The van der Waals surface area contributed by atoms with Gasteiger partial charge in [0.1, 0.15) is 118 Å². The fourth-order valence-electron chi connectivity index (χ4n) is 7.85. The summed E-state index contributed by atoms with van der Waals surface area (Å²) in [5.74, 6) is -9.72. The number of rotatable bonds is 12. The summed E-state index contributed by atoms with van der Waals surface area (Å²) in [5.41, 5.74) is -0.840. The van der Waals surface area contributed by atoms with E-state index < -0.39 is 156 Å². The van der Waals surface area contributed by atoms with Crippen molar-refractivity contribution in [2.24, 2.45) is 0 Å². The van der Waals surface area contributed by atoms with Crippen LogP contribution < -0.4 is 9.47 Å². The highest BCUT2D eigenvalue weighted by Gasteiger charge is 2.57. The molecule has 2 aliphatic heterocycles. The van der Waals surface area contributed by atoms with Crippen LogP contribution in [0.3, 0.4) is 0 Å². The van der Waals surface area contributed by atoms with Crippen LogP contribution >= 0.6 is 0 Å². The molecule has 344 valence electrons. The van der Waals surface area contributed by atoms with E-state index in [2.05, 4.69) is 0 Å². The number of aliphatic hydroxyl groups is 8. The fourth-order valence-corrected chi connectivity index (χ4v) is 7.85. The minimum Gasteiger partial charge on any atom is -0.508 e. The average molecular weight is 901 g/mol. The first-order valence-corrected chi connectivity index (χ1v) is 19.5. The number of aromatic hydroxyl groups is 6. The van der Waals surface area contributed by atoms with Gasteiger partial charge in [-0.25, -0.2) is 9.59 Å². The largest absolute Gasteiger partial charge is 0.508 e. The Morgan fingerprint density at radius 3 is 1.14 bits per heavy atom. The van der Waals surface area contributed by atoms with Gasteiger partial charge < -0.3 is 99.9 Å². The van der Waals surface area contributed by atoms with E-state index in [0.717, 1.165) is 24.3 Å². The maximum atomic E-state index is 14.3. The first kappa shape index (κ1) is 45.8. The van der Waals surface area contributed by atoms with E-state index in [1.54, 1.807) is 0 Å². The zero-order valence-corrected chi connectivity index (χ0v) is 33.0. The summed E-state index contributed by atoms with van der Waals surface area (Å²) < 4.78 is 33.9. The Labute approximate surface area is 360 Å². The van der Waals surface area contributed by atoms with Gasteiger partial charge in [0.2, 0.25) is 12.6 Å². The van der Waals surface area contributed by atoms with Gasteiger partial charge in [-0.1, -0.05) is 24.3 Å². The lowest BCUT2D eigenvalue weighted by Crippen LogP contribution is -2.60. The molecule has 1 aliphatic carbocycles. The number of carbonyl (C=O) groups is 2.